The van der Waals surface area contributed by atoms with Crippen LogP contribution in [0.4, 0.5) is 0 Å². The Kier molecular flexibility index (Phi) is 4.37. The molecule has 0 aliphatic rings. The van der Waals surface area contributed by atoms with Gasteiger partial charge in [-0.2, -0.15) is 0 Å². The van der Waals surface area contributed by atoms with E-state index in [1.165, 1.54) is 5.54 Å². The van der Waals surface area contributed by atoms with E-state index in [-0.39, 0.29) is 5.41 Å². The summed E-state index contributed by atoms with van der Waals surface area (Å²) in [6.07, 6.45) is 4.39. The van der Waals surface area contributed by atoms with Crippen LogP contribution >= 0.6 is 11.6 Å². The van der Waals surface area contributed by atoms with Gasteiger partial charge in [-0.1, -0.05) is 31.5 Å². The maximum Gasteiger partial charge on any atom is 0.126 e. The zero-order valence-electron chi connectivity index (χ0n) is 6.43. The third-order valence-electron chi connectivity index (χ3n) is 1.77. The molecule has 0 aromatic heterocycles. The minimum atomic E-state index is -0.217. The van der Waals surface area contributed by atoms with E-state index in [9.17, 15) is 4.79 Å². The molecule has 0 radical (unpaired) electrons. The highest BCUT2D eigenvalue weighted by Gasteiger charge is 2.18. The molecule has 1 unspecified atom stereocenters. The van der Waals surface area contributed by atoms with E-state index in [0.29, 0.717) is 0 Å². The molecule has 0 aromatic rings. The molecule has 0 amide bonds. The molecule has 0 N–H and O–H groups in total. The Balaban J connectivity index is 3.92. The predicted molar refractivity (Wildman–Crippen MR) is 44.1 cm³/mol. The van der Waals surface area contributed by atoms with Crippen molar-refractivity contribution in [2.75, 3.05) is 0 Å². The van der Waals surface area contributed by atoms with Gasteiger partial charge in [0.2, 0.25) is 0 Å². The van der Waals surface area contributed by atoms with Crippen molar-refractivity contribution in [3.63, 3.8) is 0 Å². The van der Waals surface area contributed by atoms with Gasteiger partial charge in [-0.25, -0.2) is 0 Å². The number of hydrogen-bond donors (Lipinski definition) is 0. The second-order valence-electron chi connectivity index (χ2n) is 2.69. The molecule has 0 rings (SSSR count). The van der Waals surface area contributed by atoms with Crippen LogP contribution in [0.5, 0.6) is 0 Å². The highest BCUT2D eigenvalue weighted by Crippen LogP contribution is 2.22. The van der Waals surface area contributed by atoms with E-state index in [1.54, 1.807) is 6.08 Å². The SMILES string of the molecule is CCC(C)(C=O)C/C=C/Cl. The first kappa shape index (κ1) is 9.70. The van der Waals surface area contributed by atoms with Crippen LogP contribution in [0.25, 0.3) is 0 Å². The van der Waals surface area contributed by atoms with Crippen LogP contribution in [0.2, 0.25) is 0 Å². The Morgan fingerprint density at radius 1 is 1.60 bits per heavy atom. The number of hydrogen-bond acceptors (Lipinski definition) is 1. The van der Waals surface area contributed by atoms with Crippen molar-refractivity contribution in [2.45, 2.75) is 26.7 Å². The molecule has 1 atom stereocenters. The lowest BCUT2D eigenvalue weighted by Gasteiger charge is -2.17. The smallest absolute Gasteiger partial charge is 0.126 e. The molecule has 0 saturated carbocycles. The third kappa shape index (κ3) is 3.02. The molecule has 0 fully saturated rings. The zero-order chi connectivity index (χ0) is 8.04. The van der Waals surface area contributed by atoms with Crippen LogP contribution in [-0.2, 0) is 4.79 Å². The summed E-state index contributed by atoms with van der Waals surface area (Å²) in [4.78, 5) is 10.5. The summed E-state index contributed by atoms with van der Waals surface area (Å²) in [6.45, 7) is 3.92. The summed E-state index contributed by atoms with van der Waals surface area (Å²) >= 11 is 5.33. The molecule has 10 heavy (non-hydrogen) atoms. The summed E-state index contributed by atoms with van der Waals surface area (Å²) in [7, 11) is 0. The highest BCUT2D eigenvalue weighted by molar-refractivity contribution is 6.25. The zero-order valence-corrected chi connectivity index (χ0v) is 7.19. The van der Waals surface area contributed by atoms with Crippen molar-refractivity contribution in [1.29, 1.82) is 0 Å². The van der Waals surface area contributed by atoms with Gasteiger partial charge in [0.1, 0.15) is 6.29 Å². The Labute approximate surface area is 67.1 Å². The van der Waals surface area contributed by atoms with E-state index in [0.717, 1.165) is 19.1 Å². The standard InChI is InChI=1S/C8H13ClO/c1-3-8(2,7-10)5-4-6-9/h4,6-7H,3,5H2,1-2H3/b6-4+. The van der Waals surface area contributed by atoms with Gasteiger partial charge in [-0.3, -0.25) is 0 Å². The first-order valence-corrected chi connectivity index (χ1v) is 3.83. The minimum Gasteiger partial charge on any atom is -0.303 e. The lowest BCUT2D eigenvalue weighted by molar-refractivity contribution is -0.115. The van der Waals surface area contributed by atoms with Gasteiger partial charge in [0.15, 0.2) is 0 Å². The largest absolute Gasteiger partial charge is 0.303 e. The number of halogens is 1. The first-order chi connectivity index (χ1) is 4.68. The van der Waals surface area contributed by atoms with Gasteiger partial charge >= 0.3 is 0 Å². The van der Waals surface area contributed by atoms with Gasteiger partial charge < -0.3 is 4.79 Å². The fourth-order valence-electron chi connectivity index (χ4n) is 0.590. The molecule has 0 bridgehead atoms. The molecule has 0 heterocycles. The number of aldehydes is 1. The molecule has 0 aromatic carbocycles. The van der Waals surface area contributed by atoms with Gasteiger partial charge in [-0.05, 0) is 12.8 Å². The lowest BCUT2D eigenvalue weighted by atomic mass is 9.86. The summed E-state index contributed by atoms with van der Waals surface area (Å²) < 4.78 is 0. The van der Waals surface area contributed by atoms with Crippen molar-refractivity contribution in [3.8, 4) is 0 Å². The normalized spacial score (nSPS) is 17.1. The van der Waals surface area contributed by atoms with Crippen LogP contribution in [0.15, 0.2) is 11.6 Å². The van der Waals surface area contributed by atoms with Gasteiger partial charge in [0, 0.05) is 11.0 Å². The summed E-state index contributed by atoms with van der Waals surface area (Å²) in [6, 6.07) is 0. The van der Waals surface area contributed by atoms with Gasteiger partial charge in [0.25, 0.3) is 0 Å². The third-order valence-corrected chi connectivity index (χ3v) is 1.94. The van der Waals surface area contributed by atoms with Crippen molar-refractivity contribution in [1.82, 2.24) is 0 Å². The number of carbonyl (C=O) groups is 1. The molecule has 0 aliphatic heterocycles. The first-order valence-electron chi connectivity index (χ1n) is 3.40. The Morgan fingerprint density at radius 3 is 2.50 bits per heavy atom. The summed E-state index contributed by atoms with van der Waals surface area (Å²) in [5.74, 6) is 0. The Morgan fingerprint density at radius 2 is 2.20 bits per heavy atom. The Hall–Kier alpha value is -0.300. The van der Waals surface area contributed by atoms with Crippen molar-refractivity contribution >= 4 is 17.9 Å². The molecule has 58 valence electrons. The van der Waals surface area contributed by atoms with Crippen LogP contribution < -0.4 is 0 Å². The van der Waals surface area contributed by atoms with E-state index in [4.69, 9.17) is 11.6 Å². The van der Waals surface area contributed by atoms with Gasteiger partial charge in [-0.15, -0.1) is 0 Å². The Bertz CT molecular complexity index is 131. The number of rotatable bonds is 4. The van der Waals surface area contributed by atoms with Crippen LogP contribution in [0, 0.1) is 5.41 Å². The highest BCUT2D eigenvalue weighted by atomic mass is 35.5. The maximum absolute atomic E-state index is 10.5. The van der Waals surface area contributed by atoms with Crippen molar-refractivity contribution in [2.24, 2.45) is 5.41 Å². The van der Waals surface area contributed by atoms with E-state index in [1.807, 2.05) is 13.8 Å². The van der Waals surface area contributed by atoms with Crippen LogP contribution in [0.1, 0.15) is 26.7 Å². The molecule has 0 spiro atoms. The van der Waals surface area contributed by atoms with E-state index >= 15 is 0 Å². The van der Waals surface area contributed by atoms with Crippen molar-refractivity contribution < 1.29 is 4.79 Å². The second kappa shape index (κ2) is 4.51. The van der Waals surface area contributed by atoms with Crippen LogP contribution in [-0.4, -0.2) is 6.29 Å². The number of allylic oxidation sites excluding steroid dienone is 1. The quantitative estimate of drug-likeness (QED) is 0.578. The monoisotopic (exact) mass is 160 g/mol. The summed E-state index contributed by atoms with van der Waals surface area (Å²) in [5.41, 5.74) is 1.24. The second-order valence-corrected chi connectivity index (χ2v) is 2.94. The fourth-order valence-corrected chi connectivity index (χ4v) is 0.679. The van der Waals surface area contributed by atoms with Gasteiger partial charge in [0.05, 0.1) is 0 Å². The maximum atomic E-state index is 10.5. The topological polar surface area (TPSA) is 17.1 Å². The average Bonchev–Trinajstić information content (AvgIpc) is 2.00. The lowest BCUT2D eigenvalue weighted by Crippen LogP contribution is -2.15. The minimum absolute atomic E-state index is 0.217. The van der Waals surface area contributed by atoms with Crippen LogP contribution in [0.3, 0.4) is 0 Å². The average molecular weight is 161 g/mol. The molecule has 0 aliphatic carbocycles. The molecular formula is C8H13ClO. The summed E-state index contributed by atoms with van der Waals surface area (Å²) in [5, 5.41) is 0. The van der Waals surface area contributed by atoms with E-state index < -0.39 is 0 Å². The number of carbonyl (C=O) groups excluding carboxylic acids is 1. The molecular weight excluding hydrogens is 148 g/mol. The molecule has 2 heteroatoms. The fraction of sp³-hybridized carbons (Fsp3) is 0.625. The van der Waals surface area contributed by atoms with E-state index in [2.05, 4.69) is 0 Å². The predicted octanol–water partition coefficient (Wildman–Crippen LogP) is 2.74. The molecule has 1 nitrogen and oxygen atoms in total. The van der Waals surface area contributed by atoms with Crippen molar-refractivity contribution in [3.05, 3.63) is 11.6 Å². The molecule has 0 saturated heterocycles.